The van der Waals surface area contributed by atoms with Crippen molar-refractivity contribution in [2.75, 3.05) is 12.5 Å². The number of amides is 1. The van der Waals surface area contributed by atoms with Crippen molar-refractivity contribution in [3.8, 4) is 22.8 Å². The Morgan fingerprint density at radius 3 is 2.83 bits per heavy atom. The first-order valence-corrected chi connectivity index (χ1v) is 7.75. The lowest BCUT2D eigenvalue weighted by atomic mass is 10.1. The van der Waals surface area contributed by atoms with E-state index in [0.717, 1.165) is 28.0 Å². The molecule has 0 fully saturated rings. The van der Waals surface area contributed by atoms with Crippen LogP contribution >= 0.6 is 11.3 Å². The molecule has 3 aromatic rings. The average Bonchev–Trinajstić information content (AvgIpc) is 3.11. The number of benzene rings is 1. The predicted molar refractivity (Wildman–Crippen MR) is 88.8 cm³/mol. The molecule has 23 heavy (non-hydrogen) atoms. The van der Waals surface area contributed by atoms with Crippen molar-refractivity contribution in [3.05, 3.63) is 34.7 Å². The molecular weight excluding hydrogens is 314 g/mol. The molecule has 4 rings (SSSR count). The summed E-state index contributed by atoms with van der Waals surface area (Å²) in [5, 5.41) is 0.785. The number of nitrogens with zero attached hydrogens (tertiary/aromatic N) is 1. The van der Waals surface area contributed by atoms with Crippen LogP contribution in [0.3, 0.4) is 0 Å². The quantitative estimate of drug-likeness (QED) is 0.753. The molecule has 1 amide bonds. The first kappa shape index (κ1) is 13.8. The van der Waals surface area contributed by atoms with Crippen molar-refractivity contribution in [1.29, 1.82) is 0 Å². The van der Waals surface area contributed by atoms with Crippen molar-refractivity contribution in [2.24, 2.45) is 5.73 Å². The van der Waals surface area contributed by atoms with Gasteiger partial charge in [0.15, 0.2) is 11.5 Å². The van der Waals surface area contributed by atoms with Gasteiger partial charge in [-0.3, -0.25) is 4.79 Å². The third-order valence-electron chi connectivity index (χ3n) is 3.79. The Labute approximate surface area is 135 Å². The molecule has 0 aliphatic carbocycles. The topological polar surface area (TPSA) is 100 Å². The number of thiophene rings is 1. The van der Waals surface area contributed by atoms with Gasteiger partial charge in [0, 0.05) is 10.9 Å². The second-order valence-electron chi connectivity index (χ2n) is 5.28. The lowest BCUT2D eigenvalue weighted by Crippen LogP contribution is -2.10. The van der Waals surface area contributed by atoms with Crippen LogP contribution in [0.2, 0.25) is 0 Å². The number of aryl methyl sites for hydroxylation is 1. The van der Waals surface area contributed by atoms with Crippen molar-refractivity contribution < 1.29 is 14.3 Å². The zero-order valence-electron chi connectivity index (χ0n) is 12.3. The molecule has 0 saturated heterocycles. The molecule has 4 N–H and O–H groups in total. The van der Waals surface area contributed by atoms with Crippen molar-refractivity contribution in [1.82, 2.24) is 4.98 Å². The molecule has 0 atom stereocenters. The summed E-state index contributed by atoms with van der Waals surface area (Å²) in [6, 6.07) is 7.61. The number of nitrogen functional groups attached to an aromatic ring is 1. The van der Waals surface area contributed by atoms with Crippen LogP contribution < -0.4 is 20.9 Å². The number of pyridine rings is 1. The minimum absolute atomic E-state index is 0.230. The number of aromatic nitrogens is 1. The molecule has 0 saturated carbocycles. The number of nitrogens with two attached hydrogens (primary N) is 2. The van der Waals surface area contributed by atoms with Crippen LogP contribution in [0.15, 0.2) is 24.3 Å². The van der Waals surface area contributed by atoms with Crippen LogP contribution in [0.4, 0.5) is 5.69 Å². The van der Waals surface area contributed by atoms with Gasteiger partial charge in [0.2, 0.25) is 6.79 Å². The highest BCUT2D eigenvalue weighted by Crippen LogP contribution is 2.39. The fraction of sp³-hybridized carbons (Fsp3) is 0.125. The number of anilines is 1. The number of hydrogen-bond acceptors (Lipinski definition) is 6. The van der Waals surface area contributed by atoms with Gasteiger partial charge in [0.25, 0.3) is 5.91 Å². The normalized spacial score (nSPS) is 12.7. The van der Waals surface area contributed by atoms with Gasteiger partial charge >= 0.3 is 0 Å². The van der Waals surface area contributed by atoms with Gasteiger partial charge in [-0.2, -0.15) is 0 Å². The first-order valence-electron chi connectivity index (χ1n) is 6.94. The minimum Gasteiger partial charge on any atom is -0.454 e. The van der Waals surface area contributed by atoms with E-state index in [2.05, 4.69) is 4.98 Å². The van der Waals surface area contributed by atoms with Crippen molar-refractivity contribution in [3.63, 3.8) is 0 Å². The maximum absolute atomic E-state index is 11.5. The summed E-state index contributed by atoms with van der Waals surface area (Å²) in [5.41, 5.74) is 14.5. The van der Waals surface area contributed by atoms with E-state index >= 15 is 0 Å². The molecule has 1 aliphatic heterocycles. The Morgan fingerprint density at radius 1 is 1.26 bits per heavy atom. The Morgan fingerprint density at radius 2 is 2.04 bits per heavy atom. The van der Waals surface area contributed by atoms with Gasteiger partial charge in [-0.1, -0.05) is 0 Å². The summed E-state index contributed by atoms with van der Waals surface area (Å²) < 4.78 is 10.7. The number of fused-ring (bicyclic) bond motifs is 2. The summed E-state index contributed by atoms with van der Waals surface area (Å²) in [6.45, 7) is 2.17. The van der Waals surface area contributed by atoms with Gasteiger partial charge in [-0.25, -0.2) is 4.98 Å². The molecular formula is C16H13N3O3S. The molecule has 0 spiro atoms. The number of carbonyl (C=O) groups excluding carboxylic acids is 1. The van der Waals surface area contributed by atoms with Gasteiger partial charge in [0.1, 0.15) is 9.71 Å². The third-order valence-corrected chi connectivity index (χ3v) is 4.90. The fourth-order valence-electron chi connectivity index (χ4n) is 2.70. The second-order valence-corrected chi connectivity index (χ2v) is 6.28. The highest BCUT2D eigenvalue weighted by Gasteiger charge is 2.19. The Kier molecular flexibility index (Phi) is 2.92. The Hall–Kier alpha value is -2.80. The highest BCUT2D eigenvalue weighted by atomic mass is 32.1. The summed E-state index contributed by atoms with van der Waals surface area (Å²) >= 11 is 1.21. The Balaban J connectivity index is 1.90. The molecule has 7 heteroatoms. The molecule has 0 radical (unpaired) electrons. The fourth-order valence-corrected chi connectivity index (χ4v) is 3.72. The third kappa shape index (κ3) is 2.08. The van der Waals surface area contributed by atoms with E-state index in [9.17, 15) is 4.79 Å². The highest BCUT2D eigenvalue weighted by molar-refractivity contribution is 7.21. The largest absolute Gasteiger partial charge is 0.454 e. The smallest absolute Gasteiger partial charge is 0.260 e. The van der Waals surface area contributed by atoms with Crippen LogP contribution in [0.25, 0.3) is 21.5 Å². The van der Waals surface area contributed by atoms with Crippen LogP contribution in [-0.2, 0) is 0 Å². The van der Waals surface area contributed by atoms with E-state index in [4.69, 9.17) is 20.9 Å². The number of rotatable bonds is 2. The summed E-state index contributed by atoms with van der Waals surface area (Å²) in [6.07, 6.45) is 0. The lowest BCUT2D eigenvalue weighted by molar-refractivity contribution is 0.100. The van der Waals surface area contributed by atoms with Gasteiger partial charge in [-0.05, 0) is 36.8 Å². The molecule has 0 unspecified atom stereocenters. The SMILES string of the molecule is Cc1cc(-c2ccc3c(c2)OCO3)nc2sc(C(N)=O)c(N)c12. The van der Waals surface area contributed by atoms with Gasteiger partial charge < -0.3 is 20.9 Å². The van der Waals surface area contributed by atoms with Gasteiger partial charge in [-0.15, -0.1) is 11.3 Å². The van der Waals surface area contributed by atoms with E-state index in [1.807, 2.05) is 31.2 Å². The van der Waals surface area contributed by atoms with Crippen molar-refractivity contribution >= 4 is 33.1 Å². The maximum atomic E-state index is 11.5. The average molecular weight is 327 g/mol. The van der Waals surface area contributed by atoms with Crippen LogP contribution in [0, 0.1) is 6.92 Å². The lowest BCUT2D eigenvalue weighted by Gasteiger charge is -2.05. The molecule has 3 heterocycles. The van der Waals surface area contributed by atoms with E-state index in [1.165, 1.54) is 11.3 Å². The number of hydrogen-bond donors (Lipinski definition) is 2. The maximum Gasteiger partial charge on any atom is 0.260 e. The van der Waals surface area contributed by atoms with Crippen molar-refractivity contribution in [2.45, 2.75) is 6.92 Å². The number of primary amides is 1. The standard InChI is InChI=1S/C16H13N3O3S/c1-7-4-9(8-2-3-10-11(5-8)22-6-21-10)19-16-12(7)13(17)14(23-16)15(18)20/h2-5H,6,17H2,1H3,(H2,18,20). The first-order chi connectivity index (χ1) is 11.0. The molecule has 1 aliphatic rings. The summed E-state index contributed by atoms with van der Waals surface area (Å²) in [7, 11) is 0. The molecule has 2 aromatic heterocycles. The zero-order chi connectivity index (χ0) is 16.1. The molecule has 0 bridgehead atoms. The van der Waals surface area contributed by atoms with Crippen LogP contribution in [-0.4, -0.2) is 17.7 Å². The van der Waals surface area contributed by atoms with Crippen LogP contribution in [0.1, 0.15) is 15.2 Å². The minimum atomic E-state index is -0.533. The summed E-state index contributed by atoms with van der Waals surface area (Å²) in [5.74, 6) is 0.892. The number of carbonyl (C=O) groups is 1. The Bertz CT molecular complexity index is 965. The van der Waals surface area contributed by atoms with Gasteiger partial charge in [0.05, 0.1) is 11.4 Å². The van der Waals surface area contributed by atoms with Crippen LogP contribution in [0.5, 0.6) is 11.5 Å². The van der Waals surface area contributed by atoms with E-state index in [0.29, 0.717) is 21.1 Å². The monoisotopic (exact) mass is 327 g/mol. The second kappa shape index (κ2) is 4.85. The zero-order valence-corrected chi connectivity index (χ0v) is 13.1. The molecule has 116 valence electrons. The summed E-state index contributed by atoms with van der Waals surface area (Å²) in [4.78, 5) is 17.2. The number of ether oxygens (including phenoxy) is 2. The van der Waals surface area contributed by atoms with E-state index in [1.54, 1.807) is 0 Å². The van der Waals surface area contributed by atoms with E-state index < -0.39 is 5.91 Å². The molecule has 1 aromatic carbocycles. The predicted octanol–water partition coefficient (Wildman–Crippen LogP) is 2.68. The molecule has 6 nitrogen and oxygen atoms in total. The van der Waals surface area contributed by atoms with E-state index in [-0.39, 0.29) is 6.79 Å².